The van der Waals surface area contributed by atoms with Gasteiger partial charge in [-0.15, -0.1) is 0 Å². The normalized spacial score (nSPS) is 14.6. The van der Waals surface area contributed by atoms with Gasteiger partial charge in [0.25, 0.3) is 0 Å². The average Bonchev–Trinajstić information content (AvgIpc) is 2.81. The quantitative estimate of drug-likeness (QED) is 0.807. The highest BCUT2D eigenvalue weighted by molar-refractivity contribution is 7.80. The Morgan fingerprint density at radius 1 is 1.39 bits per heavy atom. The van der Waals surface area contributed by atoms with E-state index in [2.05, 4.69) is 5.32 Å². The number of nitrogens with two attached hydrogens (primary N) is 1. The van der Waals surface area contributed by atoms with E-state index in [4.69, 9.17) is 18.0 Å². The highest BCUT2D eigenvalue weighted by atomic mass is 32.1. The van der Waals surface area contributed by atoms with Crippen LogP contribution in [0.25, 0.3) is 0 Å². The van der Waals surface area contributed by atoms with Gasteiger partial charge in [-0.2, -0.15) is 0 Å². The lowest BCUT2D eigenvalue weighted by Crippen LogP contribution is -2.33. The van der Waals surface area contributed by atoms with Crippen LogP contribution < -0.4 is 11.1 Å². The molecule has 0 aliphatic carbocycles. The van der Waals surface area contributed by atoms with Crippen LogP contribution >= 0.6 is 12.2 Å². The molecule has 1 aliphatic heterocycles. The fourth-order valence-corrected chi connectivity index (χ4v) is 2.20. The van der Waals surface area contributed by atoms with E-state index in [9.17, 15) is 9.18 Å². The molecule has 4 nitrogen and oxygen atoms in total. The summed E-state index contributed by atoms with van der Waals surface area (Å²) in [5, 5.41) is 2.65. The number of carbonyl (C=O) groups is 1. The largest absolute Gasteiger partial charge is 0.389 e. The number of hydrogen-bond acceptors (Lipinski definition) is 2. The summed E-state index contributed by atoms with van der Waals surface area (Å²) in [7, 11) is 0. The molecule has 96 valence electrons. The highest BCUT2D eigenvalue weighted by Gasteiger charge is 2.20. The third kappa shape index (κ3) is 2.59. The number of hydrogen-bond donors (Lipinski definition) is 2. The van der Waals surface area contributed by atoms with Gasteiger partial charge >= 0.3 is 6.03 Å². The lowest BCUT2D eigenvalue weighted by Gasteiger charge is -2.17. The van der Waals surface area contributed by atoms with Crippen molar-refractivity contribution in [1.82, 2.24) is 4.90 Å². The Morgan fingerprint density at radius 3 is 2.67 bits per heavy atom. The summed E-state index contributed by atoms with van der Waals surface area (Å²) in [5.74, 6) is -0.526. The first kappa shape index (κ1) is 12.8. The van der Waals surface area contributed by atoms with Gasteiger partial charge in [-0.3, -0.25) is 0 Å². The zero-order valence-corrected chi connectivity index (χ0v) is 10.6. The van der Waals surface area contributed by atoms with E-state index in [1.807, 2.05) is 0 Å². The lowest BCUT2D eigenvalue weighted by atomic mass is 10.1. The summed E-state index contributed by atoms with van der Waals surface area (Å²) in [5.41, 5.74) is 5.87. The van der Waals surface area contributed by atoms with Crippen LogP contribution in [0.3, 0.4) is 0 Å². The monoisotopic (exact) mass is 267 g/mol. The van der Waals surface area contributed by atoms with Crippen molar-refractivity contribution in [3.05, 3.63) is 29.6 Å². The van der Waals surface area contributed by atoms with Crippen molar-refractivity contribution in [2.24, 2.45) is 5.73 Å². The van der Waals surface area contributed by atoms with Gasteiger partial charge in [0.1, 0.15) is 10.8 Å². The molecule has 2 amide bonds. The van der Waals surface area contributed by atoms with E-state index in [-0.39, 0.29) is 16.6 Å². The molecule has 6 heteroatoms. The number of carbonyl (C=O) groups excluding carboxylic acids is 1. The summed E-state index contributed by atoms with van der Waals surface area (Å²) >= 11 is 4.80. The van der Waals surface area contributed by atoms with Gasteiger partial charge in [0.15, 0.2) is 0 Å². The molecular weight excluding hydrogens is 253 g/mol. The number of nitrogens with zero attached hydrogens (tertiary/aromatic N) is 1. The minimum Gasteiger partial charge on any atom is -0.389 e. The molecule has 1 saturated heterocycles. The fourth-order valence-electron chi connectivity index (χ4n) is 1.99. The van der Waals surface area contributed by atoms with Crippen molar-refractivity contribution in [3.8, 4) is 0 Å². The molecule has 0 atom stereocenters. The molecule has 0 radical (unpaired) electrons. The van der Waals surface area contributed by atoms with Gasteiger partial charge < -0.3 is 16.0 Å². The zero-order chi connectivity index (χ0) is 13.1. The van der Waals surface area contributed by atoms with E-state index >= 15 is 0 Å². The fraction of sp³-hybridized carbons (Fsp3) is 0.333. The van der Waals surface area contributed by atoms with Crippen molar-refractivity contribution in [3.63, 3.8) is 0 Å². The number of likely N-dealkylation sites (tertiary alicyclic amines) is 1. The summed E-state index contributed by atoms with van der Waals surface area (Å²) in [6.45, 7) is 1.45. The molecule has 0 spiro atoms. The van der Waals surface area contributed by atoms with Crippen molar-refractivity contribution in [1.29, 1.82) is 0 Å². The number of anilines is 1. The highest BCUT2D eigenvalue weighted by Crippen LogP contribution is 2.20. The van der Waals surface area contributed by atoms with E-state index in [1.165, 1.54) is 12.1 Å². The summed E-state index contributed by atoms with van der Waals surface area (Å²) in [6.07, 6.45) is 2.00. The second kappa shape index (κ2) is 5.30. The maximum atomic E-state index is 13.6. The first-order chi connectivity index (χ1) is 8.59. The van der Waals surface area contributed by atoms with Crippen LogP contribution in [0.2, 0.25) is 0 Å². The second-order valence-electron chi connectivity index (χ2n) is 4.15. The van der Waals surface area contributed by atoms with Crippen LogP contribution in [0.4, 0.5) is 14.9 Å². The Morgan fingerprint density at radius 2 is 2.06 bits per heavy atom. The van der Waals surface area contributed by atoms with Crippen LogP contribution in [0.5, 0.6) is 0 Å². The predicted molar refractivity (Wildman–Crippen MR) is 72.1 cm³/mol. The van der Waals surface area contributed by atoms with Crippen molar-refractivity contribution < 1.29 is 9.18 Å². The maximum absolute atomic E-state index is 13.6. The molecule has 1 heterocycles. The molecule has 0 aromatic heterocycles. The Hall–Kier alpha value is -1.69. The molecule has 0 unspecified atom stereocenters. The Bertz CT molecular complexity index is 486. The molecule has 0 saturated carbocycles. The molecule has 2 rings (SSSR count). The second-order valence-corrected chi connectivity index (χ2v) is 4.59. The number of halogens is 1. The molecule has 18 heavy (non-hydrogen) atoms. The minimum absolute atomic E-state index is 0.0650. The third-order valence-electron chi connectivity index (χ3n) is 2.89. The number of nitrogens with one attached hydrogen (secondary N) is 1. The molecule has 0 bridgehead atoms. The standard InChI is InChI=1S/C12H14FN3OS/c13-8-4-3-5-9(10(8)11(14)18)15-12(17)16-6-1-2-7-16/h3-5H,1-2,6-7H2,(H2,14,18)(H,15,17). The van der Waals surface area contributed by atoms with E-state index in [1.54, 1.807) is 11.0 Å². The summed E-state index contributed by atoms with van der Waals surface area (Å²) < 4.78 is 13.6. The Labute approximate surface area is 110 Å². The van der Waals surface area contributed by atoms with Crippen LogP contribution in [0, 0.1) is 5.82 Å². The number of urea groups is 1. The molecule has 1 aromatic carbocycles. The first-order valence-electron chi connectivity index (χ1n) is 5.74. The number of amides is 2. The Kier molecular flexibility index (Phi) is 3.76. The first-order valence-corrected chi connectivity index (χ1v) is 6.14. The van der Waals surface area contributed by atoms with Gasteiger partial charge in [-0.1, -0.05) is 18.3 Å². The minimum atomic E-state index is -0.526. The van der Waals surface area contributed by atoms with Gasteiger partial charge in [-0.25, -0.2) is 9.18 Å². The van der Waals surface area contributed by atoms with Gasteiger partial charge in [-0.05, 0) is 25.0 Å². The van der Waals surface area contributed by atoms with Crippen molar-refractivity contribution >= 4 is 28.9 Å². The van der Waals surface area contributed by atoms with Crippen molar-refractivity contribution in [2.45, 2.75) is 12.8 Å². The lowest BCUT2D eigenvalue weighted by molar-refractivity contribution is 0.222. The van der Waals surface area contributed by atoms with E-state index < -0.39 is 5.82 Å². The maximum Gasteiger partial charge on any atom is 0.321 e. The Balaban J connectivity index is 2.20. The smallest absolute Gasteiger partial charge is 0.321 e. The average molecular weight is 267 g/mol. The molecule has 1 aliphatic rings. The topological polar surface area (TPSA) is 58.4 Å². The number of thiocarbonyl (C=S) groups is 1. The van der Waals surface area contributed by atoms with Crippen LogP contribution in [0.1, 0.15) is 18.4 Å². The SMILES string of the molecule is NC(=S)c1c(F)cccc1NC(=O)N1CCCC1. The van der Waals surface area contributed by atoms with E-state index in [0.717, 1.165) is 25.9 Å². The van der Waals surface area contributed by atoms with Crippen LogP contribution in [-0.4, -0.2) is 29.0 Å². The summed E-state index contributed by atoms with van der Waals surface area (Å²) in [6, 6.07) is 4.12. The predicted octanol–water partition coefficient (Wildman–Crippen LogP) is 2.09. The zero-order valence-electron chi connectivity index (χ0n) is 9.78. The van der Waals surface area contributed by atoms with Gasteiger partial charge in [0.05, 0.1) is 11.3 Å². The van der Waals surface area contributed by atoms with Gasteiger partial charge in [0, 0.05) is 13.1 Å². The van der Waals surface area contributed by atoms with Gasteiger partial charge in [0.2, 0.25) is 0 Å². The van der Waals surface area contributed by atoms with E-state index in [0.29, 0.717) is 5.69 Å². The molecule has 3 N–H and O–H groups in total. The van der Waals surface area contributed by atoms with Crippen LogP contribution in [0.15, 0.2) is 18.2 Å². The summed E-state index contributed by atoms with van der Waals surface area (Å²) in [4.78, 5) is 13.5. The van der Waals surface area contributed by atoms with Crippen molar-refractivity contribution in [2.75, 3.05) is 18.4 Å². The molecule has 1 aromatic rings. The number of benzene rings is 1. The number of rotatable bonds is 2. The molecule has 1 fully saturated rings. The van der Waals surface area contributed by atoms with Crippen LogP contribution in [-0.2, 0) is 0 Å². The molecular formula is C12H14FN3OS. The third-order valence-corrected chi connectivity index (χ3v) is 3.10.